The van der Waals surface area contributed by atoms with E-state index >= 15 is 0 Å². The molecular formula is C18H25ClN2O4. The van der Waals surface area contributed by atoms with Crippen LogP contribution in [0.15, 0.2) is 24.3 Å². The van der Waals surface area contributed by atoms with Gasteiger partial charge in [-0.2, -0.15) is 0 Å². The Labute approximate surface area is 152 Å². The Morgan fingerprint density at radius 2 is 1.76 bits per heavy atom. The van der Waals surface area contributed by atoms with Gasteiger partial charge in [0.2, 0.25) is 5.91 Å². The summed E-state index contributed by atoms with van der Waals surface area (Å²) in [6.45, 7) is 5.81. The van der Waals surface area contributed by atoms with Gasteiger partial charge in [-0.25, -0.2) is 0 Å². The van der Waals surface area contributed by atoms with Gasteiger partial charge in [-0.1, -0.05) is 38.8 Å². The first-order valence-corrected chi connectivity index (χ1v) is 8.68. The van der Waals surface area contributed by atoms with Gasteiger partial charge in [0, 0.05) is 23.6 Å². The number of halogens is 1. The van der Waals surface area contributed by atoms with Crippen molar-refractivity contribution >= 4 is 29.4 Å². The van der Waals surface area contributed by atoms with Crippen LogP contribution in [-0.4, -0.2) is 35.5 Å². The van der Waals surface area contributed by atoms with Crippen molar-refractivity contribution < 1.29 is 19.5 Å². The summed E-state index contributed by atoms with van der Waals surface area (Å²) in [4.78, 5) is 35.5. The van der Waals surface area contributed by atoms with Crippen LogP contribution < -0.4 is 10.6 Å². The van der Waals surface area contributed by atoms with Crippen LogP contribution in [0.5, 0.6) is 0 Å². The summed E-state index contributed by atoms with van der Waals surface area (Å²) in [7, 11) is 0. The van der Waals surface area contributed by atoms with Crippen LogP contribution >= 0.6 is 11.6 Å². The molecule has 3 N–H and O–H groups in total. The van der Waals surface area contributed by atoms with E-state index in [9.17, 15) is 14.4 Å². The molecule has 0 saturated heterocycles. The van der Waals surface area contributed by atoms with Gasteiger partial charge in [0.15, 0.2) is 0 Å². The molecule has 25 heavy (non-hydrogen) atoms. The summed E-state index contributed by atoms with van der Waals surface area (Å²) in [6, 6.07) is 5.73. The van der Waals surface area contributed by atoms with Crippen molar-refractivity contribution in [2.75, 3.05) is 6.54 Å². The van der Waals surface area contributed by atoms with Crippen molar-refractivity contribution in [1.82, 2.24) is 10.6 Å². The minimum absolute atomic E-state index is 0.0224. The number of carbonyl (C=O) groups is 3. The second-order valence-electron chi connectivity index (χ2n) is 6.29. The predicted molar refractivity (Wildman–Crippen MR) is 96.6 cm³/mol. The second-order valence-corrected chi connectivity index (χ2v) is 6.73. The van der Waals surface area contributed by atoms with E-state index < -0.39 is 12.0 Å². The fourth-order valence-electron chi connectivity index (χ4n) is 2.28. The van der Waals surface area contributed by atoms with Gasteiger partial charge in [0.1, 0.15) is 6.04 Å². The molecule has 1 aromatic carbocycles. The molecule has 0 fully saturated rings. The summed E-state index contributed by atoms with van der Waals surface area (Å²) in [5.74, 6) is -1.82. The lowest BCUT2D eigenvalue weighted by Gasteiger charge is -2.24. The van der Waals surface area contributed by atoms with E-state index in [4.69, 9.17) is 16.7 Å². The number of rotatable bonds is 9. The second kappa shape index (κ2) is 10.0. The van der Waals surface area contributed by atoms with E-state index in [2.05, 4.69) is 10.6 Å². The lowest BCUT2D eigenvalue weighted by atomic mass is 9.97. The van der Waals surface area contributed by atoms with E-state index in [-0.39, 0.29) is 36.6 Å². The fourth-order valence-corrected chi connectivity index (χ4v) is 2.41. The van der Waals surface area contributed by atoms with E-state index in [0.717, 1.165) is 0 Å². The molecule has 0 spiro atoms. The van der Waals surface area contributed by atoms with Crippen LogP contribution in [0.25, 0.3) is 0 Å². The molecule has 0 radical (unpaired) electrons. The van der Waals surface area contributed by atoms with E-state index in [1.807, 2.05) is 13.8 Å². The van der Waals surface area contributed by atoms with Crippen LogP contribution in [0.1, 0.15) is 44.0 Å². The van der Waals surface area contributed by atoms with Crippen molar-refractivity contribution in [3.63, 3.8) is 0 Å². The number of carboxylic acid groups (broad SMARTS) is 1. The topological polar surface area (TPSA) is 95.5 Å². The molecule has 0 aliphatic carbocycles. The molecule has 0 bridgehead atoms. The predicted octanol–water partition coefficient (Wildman–Crippen LogP) is 2.71. The SMILES string of the molecule is CCC(C)C(NC(=O)c1ccc(Cl)cc1)C(=O)NCC(C)CC(=O)O. The van der Waals surface area contributed by atoms with E-state index in [1.54, 1.807) is 31.2 Å². The highest BCUT2D eigenvalue weighted by atomic mass is 35.5. The molecule has 0 aliphatic heterocycles. The van der Waals surface area contributed by atoms with E-state index in [0.29, 0.717) is 17.0 Å². The number of carbonyl (C=O) groups excluding carboxylic acids is 2. The third-order valence-electron chi connectivity index (χ3n) is 4.04. The Morgan fingerprint density at radius 3 is 2.28 bits per heavy atom. The number of hydrogen-bond acceptors (Lipinski definition) is 3. The number of hydrogen-bond donors (Lipinski definition) is 3. The maximum absolute atomic E-state index is 12.5. The molecule has 1 rings (SSSR count). The third kappa shape index (κ3) is 7.13. The van der Waals surface area contributed by atoms with Crippen molar-refractivity contribution in [3.8, 4) is 0 Å². The number of benzene rings is 1. The first kappa shape index (κ1) is 21.0. The Kier molecular flexibility index (Phi) is 8.41. The molecule has 2 amide bonds. The molecule has 138 valence electrons. The number of aliphatic carboxylic acids is 1. The Bertz CT molecular complexity index is 604. The Balaban J connectivity index is 2.72. The van der Waals surface area contributed by atoms with Gasteiger partial charge in [0.25, 0.3) is 5.91 Å². The summed E-state index contributed by atoms with van der Waals surface area (Å²) in [5.41, 5.74) is 0.421. The Hall–Kier alpha value is -2.08. The molecule has 0 aromatic heterocycles. The van der Waals surface area contributed by atoms with Crippen molar-refractivity contribution in [1.29, 1.82) is 0 Å². The maximum Gasteiger partial charge on any atom is 0.303 e. The maximum atomic E-state index is 12.5. The van der Waals surface area contributed by atoms with E-state index in [1.165, 1.54) is 0 Å². The number of carboxylic acids is 1. The first-order valence-electron chi connectivity index (χ1n) is 8.30. The van der Waals surface area contributed by atoms with Crippen molar-refractivity contribution in [2.24, 2.45) is 11.8 Å². The molecule has 0 aliphatic rings. The molecule has 3 atom stereocenters. The zero-order valence-electron chi connectivity index (χ0n) is 14.7. The average molecular weight is 369 g/mol. The van der Waals surface area contributed by atoms with Crippen molar-refractivity contribution in [2.45, 2.75) is 39.7 Å². The smallest absolute Gasteiger partial charge is 0.303 e. The normalized spacial score (nSPS) is 14.2. The van der Waals surface area contributed by atoms with Gasteiger partial charge < -0.3 is 15.7 Å². The molecule has 0 heterocycles. The van der Waals surface area contributed by atoms with Crippen LogP contribution in [-0.2, 0) is 9.59 Å². The largest absolute Gasteiger partial charge is 0.481 e. The molecule has 6 nitrogen and oxygen atoms in total. The summed E-state index contributed by atoms with van der Waals surface area (Å²) < 4.78 is 0. The minimum atomic E-state index is -0.906. The molecule has 1 aromatic rings. The van der Waals surface area contributed by atoms with Gasteiger partial charge in [0.05, 0.1) is 0 Å². The standard InChI is InChI=1S/C18H25ClN2O4/c1-4-12(3)16(18(25)20-10-11(2)9-15(22)23)21-17(24)13-5-7-14(19)8-6-13/h5-8,11-12,16H,4,9-10H2,1-3H3,(H,20,25)(H,21,24)(H,22,23). The van der Waals surface area contributed by atoms with Gasteiger partial charge in [-0.3, -0.25) is 14.4 Å². The molecule has 0 saturated carbocycles. The van der Waals surface area contributed by atoms with Crippen LogP contribution in [0.2, 0.25) is 5.02 Å². The highest BCUT2D eigenvalue weighted by molar-refractivity contribution is 6.30. The summed E-state index contributed by atoms with van der Waals surface area (Å²) in [6.07, 6.45) is 0.690. The highest BCUT2D eigenvalue weighted by Crippen LogP contribution is 2.12. The monoisotopic (exact) mass is 368 g/mol. The molecule has 7 heteroatoms. The van der Waals surface area contributed by atoms with Crippen LogP contribution in [0.3, 0.4) is 0 Å². The Morgan fingerprint density at radius 1 is 1.16 bits per heavy atom. The number of nitrogens with one attached hydrogen (secondary N) is 2. The molecular weight excluding hydrogens is 344 g/mol. The third-order valence-corrected chi connectivity index (χ3v) is 4.29. The van der Waals surface area contributed by atoms with Gasteiger partial charge in [-0.15, -0.1) is 0 Å². The van der Waals surface area contributed by atoms with Crippen LogP contribution in [0, 0.1) is 11.8 Å². The highest BCUT2D eigenvalue weighted by Gasteiger charge is 2.26. The lowest BCUT2D eigenvalue weighted by Crippen LogP contribution is -2.51. The van der Waals surface area contributed by atoms with Crippen LogP contribution in [0.4, 0.5) is 0 Å². The number of amides is 2. The summed E-state index contributed by atoms with van der Waals surface area (Å²) >= 11 is 5.81. The molecule has 3 unspecified atom stereocenters. The van der Waals surface area contributed by atoms with Gasteiger partial charge >= 0.3 is 5.97 Å². The first-order chi connectivity index (χ1) is 11.7. The fraction of sp³-hybridized carbons (Fsp3) is 0.500. The minimum Gasteiger partial charge on any atom is -0.481 e. The zero-order chi connectivity index (χ0) is 19.0. The summed E-state index contributed by atoms with van der Waals surface area (Å²) in [5, 5.41) is 14.8. The average Bonchev–Trinajstić information content (AvgIpc) is 2.56. The van der Waals surface area contributed by atoms with Gasteiger partial charge in [-0.05, 0) is 36.1 Å². The van der Waals surface area contributed by atoms with Crippen molar-refractivity contribution in [3.05, 3.63) is 34.9 Å². The zero-order valence-corrected chi connectivity index (χ0v) is 15.5. The lowest BCUT2D eigenvalue weighted by molar-refractivity contribution is -0.138. The quantitative estimate of drug-likeness (QED) is 0.624.